The Bertz CT molecular complexity index is 497. The van der Waals surface area contributed by atoms with Crippen molar-refractivity contribution in [2.45, 2.75) is 37.6 Å². The third-order valence-electron chi connectivity index (χ3n) is 4.65. The highest BCUT2D eigenvalue weighted by molar-refractivity contribution is 5.71. The Balaban J connectivity index is 1.71. The van der Waals surface area contributed by atoms with Gasteiger partial charge in [-0.1, -0.05) is 31.0 Å². The van der Waals surface area contributed by atoms with Crippen LogP contribution in [0.25, 0.3) is 0 Å². The van der Waals surface area contributed by atoms with Crippen LogP contribution in [-0.2, 0) is 9.53 Å². The molecule has 1 unspecified atom stereocenters. The molecule has 1 heterocycles. The van der Waals surface area contributed by atoms with Gasteiger partial charge in [-0.15, -0.1) is 0 Å². The monoisotopic (exact) mass is 289 g/mol. The van der Waals surface area contributed by atoms with Gasteiger partial charge in [0.25, 0.3) is 0 Å². The SMILES string of the molecule is COC(=O)CN(CC1COc2ccccc21)C1CCCC1. The number of hydrogen-bond donors (Lipinski definition) is 0. The van der Waals surface area contributed by atoms with Crippen molar-refractivity contribution >= 4 is 5.97 Å². The average Bonchev–Trinajstić information content (AvgIpc) is 3.16. The molecule has 0 radical (unpaired) electrons. The van der Waals surface area contributed by atoms with Crippen LogP contribution in [0.15, 0.2) is 24.3 Å². The first-order valence-corrected chi connectivity index (χ1v) is 7.80. The largest absolute Gasteiger partial charge is 0.493 e. The summed E-state index contributed by atoms with van der Waals surface area (Å²) in [6.07, 6.45) is 4.90. The number of fused-ring (bicyclic) bond motifs is 1. The standard InChI is InChI=1S/C17H23NO3/c1-20-17(19)11-18(14-6-2-3-7-14)10-13-12-21-16-9-5-4-8-15(13)16/h4-5,8-9,13-14H,2-3,6-7,10-12H2,1H3. The summed E-state index contributed by atoms with van der Waals surface area (Å²) in [4.78, 5) is 14.0. The van der Waals surface area contributed by atoms with E-state index >= 15 is 0 Å². The summed E-state index contributed by atoms with van der Waals surface area (Å²) in [5.74, 6) is 1.20. The summed E-state index contributed by atoms with van der Waals surface area (Å²) in [6, 6.07) is 8.73. The Morgan fingerprint density at radius 1 is 1.33 bits per heavy atom. The molecular formula is C17H23NO3. The van der Waals surface area contributed by atoms with E-state index in [9.17, 15) is 4.79 Å². The van der Waals surface area contributed by atoms with Gasteiger partial charge in [0.2, 0.25) is 0 Å². The van der Waals surface area contributed by atoms with Crippen LogP contribution in [0.4, 0.5) is 0 Å². The molecule has 0 spiro atoms. The van der Waals surface area contributed by atoms with Gasteiger partial charge in [-0.05, 0) is 18.9 Å². The molecule has 1 aromatic carbocycles. The molecule has 0 bridgehead atoms. The minimum atomic E-state index is -0.144. The molecule has 21 heavy (non-hydrogen) atoms. The fraction of sp³-hybridized carbons (Fsp3) is 0.588. The van der Waals surface area contributed by atoms with Gasteiger partial charge in [0.1, 0.15) is 5.75 Å². The summed E-state index contributed by atoms with van der Waals surface area (Å²) in [5.41, 5.74) is 1.27. The number of para-hydroxylation sites is 1. The van der Waals surface area contributed by atoms with Crippen molar-refractivity contribution in [1.82, 2.24) is 4.90 Å². The Kier molecular flexibility index (Phi) is 4.44. The zero-order valence-corrected chi connectivity index (χ0v) is 12.6. The molecule has 2 aliphatic rings. The number of esters is 1. The molecule has 1 aromatic rings. The minimum absolute atomic E-state index is 0.144. The molecule has 3 rings (SSSR count). The maximum Gasteiger partial charge on any atom is 0.319 e. The highest BCUT2D eigenvalue weighted by atomic mass is 16.5. The summed E-state index contributed by atoms with van der Waals surface area (Å²) < 4.78 is 10.6. The Morgan fingerprint density at radius 2 is 2.10 bits per heavy atom. The maximum atomic E-state index is 11.7. The van der Waals surface area contributed by atoms with Gasteiger partial charge in [0.15, 0.2) is 0 Å². The maximum absolute atomic E-state index is 11.7. The molecule has 1 saturated carbocycles. The van der Waals surface area contributed by atoms with Crippen LogP contribution in [0.5, 0.6) is 5.75 Å². The van der Waals surface area contributed by atoms with Crippen molar-refractivity contribution < 1.29 is 14.3 Å². The van der Waals surface area contributed by atoms with E-state index in [1.165, 1.54) is 38.4 Å². The number of benzene rings is 1. The number of hydrogen-bond acceptors (Lipinski definition) is 4. The number of methoxy groups -OCH3 is 1. The molecule has 1 atom stereocenters. The molecule has 4 nitrogen and oxygen atoms in total. The molecule has 0 amide bonds. The van der Waals surface area contributed by atoms with E-state index in [2.05, 4.69) is 17.0 Å². The molecule has 114 valence electrons. The first kappa shape index (κ1) is 14.4. The minimum Gasteiger partial charge on any atom is -0.493 e. The van der Waals surface area contributed by atoms with Gasteiger partial charge in [-0.3, -0.25) is 9.69 Å². The van der Waals surface area contributed by atoms with E-state index in [0.717, 1.165) is 12.3 Å². The molecule has 0 aromatic heterocycles. The Labute approximate surface area is 126 Å². The molecule has 1 fully saturated rings. The normalized spacial score (nSPS) is 21.3. The second kappa shape index (κ2) is 6.48. The van der Waals surface area contributed by atoms with E-state index in [-0.39, 0.29) is 5.97 Å². The van der Waals surface area contributed by atoms with Gasteiger partial charge >= 0.3 is 5.97 Å². The van der Waals surface area contributed by atoms with E-state index in [1.54, 1.807) is 0 Å². The number of ether oxygens (including phenoxy) is 2. The summed E-state index contributed by atoms with van der Waals surface area (Å²) in [5, 5.41) is 0. The van der Waals surface area contributed by atoms with E-state index < -0.39 is 0 Å². The lowest BCUT2D eigenvalue weighted by Crippen LogP contribution is -2.41. The third-order valence-corrected chi connectivity index (χ3v) is 4.65. The highest BCUT2D eigenvalue weighted by Crippen LogP contribution is 2.35. The van der Waals surface area contributed by atoms with Gasteiger partial charge in [-0.25, -0.2) is 0 Å². The number of carbonyl (C=O) groups is 1. The van der Waals surface area contributed by atoms with Gasteiger partial charge in [0.05, 0.1) is 20.3 Å². The van der Waals surface area contributed by atoms with Gasteiger partial charge in [-0.2, -0.15) is 0 Å². The lowest BCUT2D eigenvalue weighted by molar-refractivity contribution is -0.142. The van der Waals surface area contributed by atoms with Crippen molar-refractivity contribution in [2.75, 3.05) is 26.8 Å². The molecule has 0 saturated heterocycles. The molecule has 4 heteroatoms. The van der Waals surface area contributed by atoms with Gasteiger partial charge < -0.3 is 9.47 Å². The van der Waals surface area contributed by atoms with Crippen molar-refractivity contribution in [3.05, 3.63) is 29.8 Å². The first-order chi connectivity index (χ1) is 10.3. The van der Waals surface area contributed by atoms with E-state index in [1.807, 2.05) is 12.1 Å². The molecule has 1 aliphatic carbocycles. The lowest BCUT2D eigenvalue weighted by atomic mass is 9.99. The summed E-state index contributed by atoms with van der Waals surface area (Å²) in [7, 11) is 1.46. The second-order valence-corrected chi connectivity index (χ2v) is 5.99. The highest BCUT2D eigenvalue weighted by Gasteiger charge is 2.31. The van der Waals surface area contributed by atoms with Crippen LogP contribution >= 0.6 is 0 Å². The number of carbonyl (C=O) groups excluding carboxylic acids is 1. The Hall–Kier alpha value is -1.55. The van der Waals surface area contributed by atoms with Crippen molar-refractivity contribution in [2.24, 2.45) is 0 Å². The second-order valence-electron chi connectivity index (χ2n) is 5.99. The van der Waals surface area contributed by atoms with Crippen LogP contribution in [0.1, 0.15) is 37.2 Å². The average molecular weight is 289 g/mol. The predicted octanol–water partition coefficient (Wildman–Crippen LogP) is 2.58. The van der Waals surface area contributed by atoms with Crippen molar-refractivity contribution in [3.63, 3.8) is 0 Å². The number of rotatable bonds is 5. The predicted molar refractivity (Wildman–Crippen MR) is 80.5 cm³/mol. The van der Waals surface area contributed by atoms with Crippen LogP contribution in [0.2, 0.25) is 0 Å². The zero-order valence-electron chi connectivity index (χ0n) is 12.6. The fourth-order valence-electron chi connectivity index (χ4n) is 3.51. The topological polar surface area (TPSA) is 38.8 Å². The molecule has 0 N–H and O–H groups in total. The third kappa shape index (κ3) is 3.21. The van der Waals surface area contributed by atoms with Crippen LogP contribution < -0.4 is 4.74 Å². The van der Waals surface area contributed by atoms with Gasteiger partial charge in [0, 0.05) is 24.1 Å². The lowest BCUT2D eigenvalue weighted by Gasteiger charge is -2.29. The van der Waals surface area contributed by atoms with Crippen LogP contribution in [0.3, 0.4) is 0 Å². The van der Waals surface area contributed by atoms with Crippen LogP contribution in [0, 0.1) is 0 Å². The van der Waals surface area contributed by atoms with Crippen LogP contribution in [-0.4, -0.2) is 43.7 Å². The molecular weight excluding hydrogens is 266 g/mol. The summed E-state index contributed by atoms with van der Waals surface area (Å²) in [6.45, 7) is 1.97. The molecule has 1 aliphatic heterocycles. The zero-order chi connectivity index (χ0) is 14.7. The smallest absolute Gasteiger partial charge is 0.319 e. The fourth-order valence-corrected chi connectivity index (χ4v) is 3.51. The quantitative estimate of drug-likeness (QED) is 0.781. The number of nitrogens with zero attached hydrogens (tertiary/aromatic N) is 1. The first-order valence-electron chi connectivity index (χ1n) is 7.80. The summed E-state index contributed by atoms with van der Waals surface area (Å²) >= 11 is 0. The van der Waals surface area contributed by atoms with E-state index in [0.29, 0.717) is 25.1 Å². The Morgan fingerprint density at radius 3 is 2.86 bits per heavy atom. The van der Waals surface area contributed by atoms with Crippen molar-refractivity contribution in [1.29, 1.82) is 0 Å². The van der Waals surface area contributed by atoms with E-state index in [4.69, 9.17) is 9.47 Å². The van der Waals surface area contributed by atoms with Crippen molar-refractivity contribution in [3.8, 4) is 5.75 Å².